The van der Waals surface area contributed by atoms with Crippen molar-refractivity contribution >= 4 is 17.7 Å². The largest absolute Gasteiger partial charge is 0.472 e. The third-order valence-corrected chi connectivity index (χ3v) is 10.9. The van der Waals surface area contributed by atoms with E-state index in [4.69, 9.17) is 28.1 Å². The monoisotopic (exact) mass is 500 g/mol. The number of carbonyl (C=O) groups excluding carboxylic acids is 3. The lowest BCUT2D eigenvalue weighted by molar-refractivity contribution is -0.208. The first kappa shape index (κ1) is 22.9. The van der Waals surface area contributed by atoms with Crippen molar-refractivity contribution in [1.29, 1.82) is 0 Å². The van der Waals surface area contributed by atoms with Gasteiger partial charge in [0.15, 0.2) is 11.9 Å². The highest BCUT2D eigenvalue weighted by Gasteiger charge is 2.91. The smallest absolute Gasteiger partial charge is 0.339 e. The van der Waals surface area contributed by atoms with Crippen LogP contribution in [0, 0.1) is 28.1 Å². The molecule has 5 heterocycles. The van der Waals surface area contributed by atoms with E-state index in [9.17, 15) is 14.4 Å². The number of methoxy groups -OCH3 is 1. The fraction of sp³-hybridized carbons (Fsp3) is 0.741. The molecule has 10 atom stereocenters. The van der Waals surface area contributed by atoms with Gasteiger partial charge in [-0.15, -0.1) is 0 Å². The highest BCUT2D eigenvalue weighted by molar-refractivity contribution is 5.96. The normalized spacial score (nSPS) is 51.5. The average molecular weight is 501 g/mol. The van der Waals surface area contributed by atoms with Crippen molar-refractivity contribution in [2.75, 3.05) is 13.7 Å². The van der Waals surface area contributed by atoms with Gasteiger partial charge in [0.1, 0.15) is 17.8 Å². The van der Waals surface area contributed by atoms with Gasteiger partial charge in [-0.1, -0.05) is 6.92 Å². The molecule has 36 heavy (non-hydrogen) atoms. The zero-order chi connectivity index (χ0) is 25.5. The van der Waals surface area contributed by atoms with Crippen LogP contribution in [0.4, 0.5) is 0 Å². The Labute approximate surface area is 209 Å². The van der Waals surface area contributed by atoms with Gasteiger partial charge < -0.3 is 28.1 Å². The van der Waals surface area contributed by atoms with Crippen LogP contribution in [-0.4, -0.2) is 61.0 Å². The summed E-state index contributed by atoms with van der Waals surface area (Å²) >= 11 is 0. The number of ketones is 1. The fourth-order valence-corrected chi connectivity index (χ4v) is 9.71. The van der Waals surface area contributed by atoms with Gasteiger partial charge in [0, 0.05) is 22.3 Å². The van der Waals surface area contributed by atoms with Crippen LogP contribution in [0.5, 0.6) is 0 Å². The predicted molar refractivity (Wildman–Crippen MR) is 120 cm³/mol. The topological polar surface area (TPSA) is 114 Å². The maximum atomic E-state index is 14.6. The summed E-state index contributed by atoms with van der Waals surface area (Å²) in [6, 6.07) is 1.80. The Hall–Kier alpha value is -2.23. The Kier molecular flexibility index (Phi) is 4.21. The first-order chi connectivity index (χ1) is 17.0. The van der Waals surface area contributed by atoms with Crippen molar-refractivity contribution in [3.63, 3.8) is 0 Å². The molecule has 2 aliphatic carbocycles. The van der Waals surface area contributed by atoms with Gasteiger partial charge in [0.25, 0.3) is 0 Å². The van der Waals surface area contributed by atoms with Crippen molar-refractivity contribution in [3.05, 3.63) is 24.2 Å². The van der Waals surface area contributed by atoms with E-state index in [1.54, 1.807) is 18.6 Å². The first-order valence-corrected chi connectivity index (χ1v) is 12.8. The SMILES string of the molecule is COC(=O)C[C@@H]1OC(C)(C)[C@@H]2[C@@H]3OC[C@]12[C@H]1CC[C@@]2(C)[C@H](c4ccoc4)OC(=O)[C@H]4O[C@]42[C@]1(C)C3=O. The van der Waals surface area contributed by atoms with Crippen LogP contribution < -0.4 is 0 Å². The molecule has 6 aliphatic rings. The van der Waals surface area contributed by atoms with E-state index in [0.717, 1.165) is 5.56 Å². The number of Topliss-reactive ketones (excluding diaryl/α,β-unsaturated/α-hetero) is 1. The lowest BCUT2D eigenvalue weighted by Crippen LogP contribution is -2.73. The van der Waals surface area contributed by atoms with Crippen LogP contribution in [0.3, 0.4) is 0 Å². The van der Waals surface area contributed by atoms with Crippen LogP contribution in [0.25, 0.3) is 0 Å². The molecule has 9 nitrogen and oxygen atoms in total. The van der Waals surface area contributed by atoms with E-state index in [-0.39, 0.29) is 30.0 Å². The second-order valence-corrected chi connectivity index (χ2v) is 12.5. The minimum Gasteiger partial charge on any atom is -0.472 e. The molecule has 0 N–H and O–H groups in total. The molecule has 4 saturated heterocycles. The standard InChI is InChI=1S/C27H32O9/c1-23(2)18-17-19(29)25(4)14(26(18,12-33-17)15(35-23)10-16(28)31-5)6-8-24(3)20(13-7-9-32-11-13)34-22(30)21-27(24,25)36-21/h7,9,11,14-15,17-18,20-21H,6,8,10,12H2,1-5H3/t14-,15-,17-,18-,20-,21+,24-,25-,26-,27+/m0/s1. The van der Waals surface area contributed by atoms with E-state index in [1.165, 1.54) is 7.11 Å². The molecule has 1 aromatic rings. The molecule has 2 saturated carbocycles. The summed E-state index contributed by atoms with van der Waals surface area (Å²) in [4.78, 5) is 40.3. The second-order valence-electron chi connectivity index (χ2n) is 12.5. The first-order valence-electron chi connectivity index (χ1n) is 12.8. The molecular formula is C27H32O9. The lowest BCUT2D eigenvalue weighted by atomic mass is 9.37. The van der Waals surface area contributed by atoms with E-state index in [0.29, 0.717) is 19.4 Å². The van der Waals surface area contributed by atoms with Crippen molar-refractivity contribution < 1.29 is 42.5 Å². The summed E-state index contributed by atoms with van der Waals surface area (Å²) in [7, 11) is 1.37. The minimum atomic E-state index is -1.04. The van der Waals surface area contributed by atoms with Gasteiger partial charge in [-0.2, -0.15) is 0 Å². The van der Waals surface area contributed by atoms with Crippen LogP contribution in [0.2, 0.25) is 0 Å². The number of cyclic esters (lactones) is 1. The van der Waals surface area contributed by atoms with Crippen molar-refractivity contribution in [2.45, 2.75) is 82.6 Å². The maximum absolute atomic E-state index is 14.6. The second kappa shape index (κ2) is 6.60. The lowest BCUT2D eigenvalue weighted by Gasteiger charge is -2.63. The molecule has 2 bridgehead atoms. The van der Waals surface area contributed by atoms with E-state index in [1.807, 2.05) is 20.8 Å². The summed E-state index contributed by atoms with van der Waals surface area (Å²) in [5.74, 6) is -1.24. The van der Waals surface area contributed by atoms with Gasteiger partial charge in [-0.3, -0.25) is 9.59 Å². The van der Waals surface area contributed by atoms with Crippen LogP contribution in [-0.2, 0) is 38.1 Å². The number of hydrogen-bond donors (Lipinski definition) is 0. The molecule has 6 fully saturated rings. The van der Waals surface area contributed by atoms with Gasteiger partial charge >= 0.3 is 11.9 Å². The zero-order valence-electron chi connectivity index (χ0n) is 21.2. The molecule has 0 aromatic carbocycles. The molecule has 0 unspecified atom stereocenters. The van der Waals surface area contributed by atoms with E-state index < -0.39 is 57.8 Å². The molecular weight excluding hydrogens is 468 g/mol. The summed E-state index contributed by atoms with van der Waals surface area (Å²) in [5, 5.41) is 0. The van der Waals surface area contributed by atoms with Gasteiger partial charge in [-0.05, 0) is 45.6 Å². The minimum absolute atomic E-state index is 0.0323. The number of esters is 2. The van der Waals surface area contributed by atoms with Crippen LogP contribution in [0.15, 0.2) is 23.0 Å². The fourth-order valence-electron chi connectivity index (χ4n) is 9.71. The summed E-state index contributed by atoms with van der Waals surface area (Å²) in [6.45, 7) is 8.32. The maximum Gasteiger partial charge on any atom is 0.339 e. The Morgan fingerprint density at radius 3 is 2.61 bits per heavy atom. The molecule has 194 valence electrons. The molecule has 0 amide bonds. The quantitative estimate of drug-likeness (QED) is 0.456. The van der Waals surface area contributed by atoms with Crippen molar-refractivity contribution in [2.24, 2.45) is 28.1 Å². The van der Waals surface area contributed by atoms with Crippen molar-refractivity contribution in [1.82, 2.24) is 0 Å². The molecule has 4 aliphatic heterocycles. The van der Waals surface area contributed by atoms with Gasteiger partial charge in [0.2, 0.25) is 0 Å². The molecule has 9 heteroatoms. The molecule has 1 spiro atoms. The van der Waals surface area contributed by atoms with E-state index in [2.05, 4.69) is 6.92 Å². The summed E-state index contributed by atoms with van der Waals surface area (Å²) < 4.78 is 35.6. The van der Waals surface area contributed by atoms with Gasteiger partial charge in [0.05, 0.1) is 49.8 Å². The van der Waals surface area contributed by atoms with Gasteiger partial charge in [-0.25, -0.2) is 4.79 Å². The van der Waals surface area contributed by atoms with Crippen LogP contribution >= 0.6 is 0 Å². The molecule has 7 rings (SSSR count). The number of rotatable bonds is 3. The van der Waals surface area contributed by atoms with Crippen LogP contribution in [0.1, 0.15) is 58.6 Å². The number of fused-ring (bicyclic) bond motifs is 1. The van der Waals surface area contributed by atoms with E-state index >= 15 is 0 Å². The summed E-state index contributed by atoms with van der Waals surface area (Å²) in [5.41, 5.74) is -3.19. The molecule has 0 radical (unpaired) electrons. The number of carbonyl (C=O) groups is 3. The Morgan fingerprint density at radius 1 is 1.14 bits per heavy atom. The average Bonchev–Trinajstić information content (AvgIpc) is 3.13. The molecule has 1 aromatic heterocycles. The zero-order valence-corrected chi connectivity index (χ0v) is 21.2. The Morgan fingerprint density at radius 2 is 1.92 bits per heavy atom. The predicted octanol–water partition coefficient (Wildman–Crippen LogP) is 2.76. The third kappa shape index (κ3) is 2.21. The summed E-state index contributed by atoms with van der Waals surface area (Å²) in [6.07, 6.45) is 2.02. The Balaban J connectivity index is 1.40. The number of hydrogen-bond acceptors (Lipinski definition) is 9. The highest BCUT2D eigenvalue weighted by Crippen LogP contribution is 2.80. The Bertz CT molecular complexity index is 1170. The van der Waals surface area contributed by atoms with Crippen molar-refractivity contribution in [3.8, 4) is 0 Å². The number of epoxide rings is 1. The number of furan rings is 1. The highest BCUT2D eigenvalue weighted by atomic mass is 16.7. The number of ether oxygens (including phenoxy) is 5. The third-order valence-electron chi connectivity index (χ3n) is 10.9.